The lowest BCUT2D eigenvalue weighted by atomic mass is 10.1. The van der Waals surface area contributed by atoms with E-state index in [0.717, 1.165) is 22.2 Å². The van der Waals surface area contributed by atoms with E-state index in [-0.39, 0.29) is 6.04 Å². The molecule has 2 N–H and O–H groups in total. The van der Waals surface area contributed by atoms with E-state index in [0.29, 0.717) is 12.0 Å². The van der Waals surface area contributed by atoms with Crippen LogP contribution in [0.1, 0.15) is 22.8 Å². The van der Waals surface area contributed by atoms with E-state index in [2.05, 4.69) is 10.3 Å². The highest BCUT2D eigenvalue weighted by molar-refractivity contribution is 6.45. The number of aromatic nitrogens is 1. The van der Waals surface area contributed by atoms with Gasteiger partial charge in [-0.2, -0.15) is 0 Å². The van der Waals surface area contributed by atoms with Gasteiger partial charge in [0.05, 0.1) is 12.7 Å². The average molecular weight is 336 g/mol. The van der Waals surface area contributed by atoms with E-state index in [1.165, 1.54) is 0 Å². The van der Waals surface area contributed by atoms with Crippen molar-refractivity contribution in [1.29, 1.82) is 0 Å². The molecule has 0 saturated carbocycles. The number of rotatable bonds is 6. The molecule has 3 rings (SSSR count). The van der Waals surface area contributed by atoms with E-state index in [9.17, 15) is 9.59 Å². The fraction of sp³-hybridized carbons (Fsp3) is 0.200. The smallest absolute Gasteiger partial charge is 0.292 e. The van der Waals surface area contributed by atoms with Crippen molar-refractivity contribution in [3.63, 3.8) is 0 Å². The molecule has 0 saturated heterocycles. The highest BCUT2D eigenvalue weighted by Gasteiger charge is 2.21. The Balaban J connectivity index is 1.65. The average Bonchev–Trinajstić information content (AvgIpc) is 3.05. The fourth-order valence-corrected chi connectivity index (χ4v) is 2.84. The number of para-hydroxylation sites is 1. The summed E-state index contributed by atoms with van der Waals surface area (Å²) in [5.74, 6) is -0.334. The topological polar surface area (TPSA) is 71.2 Å². The molecular weight excluding hydrogens is 316 g/mol. The molecule has 1 aromatic heterocycles. The summed E-state index contributed by atoms with van der Waals surface area (Å²) in [5, 5.41) is 3.53. The number of ketones is 1. The van der Waals surface area contributed by atoms with Gasteiger partial charge in [0.15, 0.2) is 0 Å². The third kappa shape index (κ3) is 3.71. The molecule has 1 amide bonds. The number of amides is 1. The highest BCUT2D eigenvalue weighted by atomic mass is 16.5. The first-order valence-corrected chi connectivity index (χ1v) is 8.12. The van der Waals surface area contributed by atoms with Crippen LogP contribution in [0.15, 0.2) is 54.7 Å². The third-order valence-electron chi connectivity index (χ3n) is 4.12. The predicted molar refractivity (Wildman–Crippen MR) is 96.9 cm³/mol. The molecule has 0 aliphatic rings. The normalized spacial score (nSPS) is 11.9. The monoisotopic (exact) mass is 336 g/mol. The summed E-state index contributed by atoms with van der Waals surface area (Å²) in [4.78, 5) is 27.7. The molecule has 0 unspecified atom stereocenters. The van der Waals surface area contributed by atoms with Crippen molar-refractivity contribution in [1.82, 2.24) is 10.3 Å². The molecule has 2 aromatic carbocycles. The van der Waals surface area contributed by atoms with Crippen LogP contribution in [0.2, 0.25) is 0 Å². The van der Waals surface area contributed by atoms with E-state index >= 15 is 0 Å². The molecule has 3 aromatic rings. The molecule has 0 aliphatic carbocycles. The maximum absolute atomic E-state index is 12.4. The molecule has 0 fully saturated rings. The number of ether oxygens (including phenoxy) is 1. The van der Waals surface area contributed by atoms with Gasteiger partial charge >= 0.3 is 0 Å². The van der Waals surface area contributed by atoms with Gasteiger partial charge in [-0.05, 0) is 37.1 Å². The summed E-state index contributed by atoms with van der Waals surface area (Å²) in [5.41, 5.74) is 2.29. The van der Waals surface area contributed by atoms with Crippen LogP contribution in [0.25, 0.3) is 10.9 Å². The zero-order valence-corrected chi connectivity index (χ0v) is 14.2. The third-order valence-corrected chi connectivity index (χ3v) is 4.12. The van der Waals surface area contributed by atoms with Crippen molar-refractivity contribution in [2.75, 3.05) is 7.11 Å². The van der Waals surface area contributed by atoms with Gasteiger partial charge in [0.25, 0.3) is 11.7 Å². The zero-order chi connectivity index (χ0) is 17.8. The Morgan fingerprint density at radius 1 is 1.12 bits per heavy atom. The summed E-state index contributed by atoms with van der Waals surface area (Å²) in [7, 11) is 1.62. The first-order chi connectivity index (χ1) is 12.1. The number of methoxy groups -OCH3 is 1. The molecule has 5 heteroatoms. The SMILES string of the molecule is COc1ccc(C[C@@H](C)NC(=O)C(=O)c2c[nH]c3ccccc23)cc1. The second-order valence-electron chi connectivity index (χ2n) is 6.00. The molecule has 0 bridgehead atoms. The molecule has 128 valence electrons. The van der Waals surface area contributed by atoms with E-state index in [1.54, 1.807) is 13.3 Å². The molecule has 1 atom stereocenters. The van der Waals surface area contributed by atoms with Gasteiger partial charge in [0.1, 0.15) is 5.75 Å². The summed E-state index contributed by atoms with van der Waals surface area (Å²) in [6, 6.07) is 14.9. The number of H-pyrrole nitrogens is 1. The molecule has 25 heavy (non-hydrogen) atoms. The summed E-state index contributed by atoms with van der Waals surface area (Å²) in [6.45, 7) is 1.88. The Morgan fingerprint density at radius 2 is 1.84 bits per heavy atom. The van der Waals surface area contributed by atoms with Crippen LogP contribution in [-0.2, 0) is 11.2 Å². The number of carbonyl (C=O) groups is 2. The predicted octanol–water partition coefficient (Wildman–Crippen LogP) is 3.11. The molecule has 1 heterocycles. The Hall–Kier alpha value is -3.08. The molecule has 5 nitrogen and oxygen atoms in total. The Bertz CT molecular complexity index is 897. The van der Waals surface area contributed by atoms with Crippen LogP contribution in [0.3, 0.4) is 0 Å². The Labute approximate surface area is 146 Å². The lowest BCUT2D eigenvalue weighted by molar-refractivity contribution is -0.117. The number of hydrogen-bond donors (Lipinski definition) is 2. The maximum atomic E-state index is 12.4. The fourth-order valence-electron chi connectivity index (χ4n) is 2.84. The van der Waals surface area contributed by atoms with Gasteiger partial charge in [-0.1, -0.05) is 30.3 Å². The van der Waals surface area contributed by atoms with Gasteiger partial charge in [-0.3, -0.25) is 9.59 Å². The van der Waals surface area contributed by atoms with Crippen LogP contribution in [-0.4, -0.2) is 29.8 Å². The second-order valence-corrected chi connectivity index (χ2v) is 6.00. The molecule has 0 spiro atoms. The first-order valence-electron chi connectivity index (χ1n) is 8.12. The van der Waals surface area contributed by atoms with Crippen molar-refractivity contribution in [2.45, 2.75) is 19.4 Å². The van der Waals surface area contributed by atoms with Crippen LogP contribution < -0.4 is 10.1 Å². The van der Waals surface area contributed by atoms with Crippen molar-refractivity contribution < 1.29 is 14.3 Å². The number of carbonyl (C=O) groups excluding carboxylic acids is 2. The molecule has 0 aliphatic heterocycles. The number of benzene rings is 2. The van der Waals surface area contributed by atoms with Crippen molar-refractivity contribution in [2.24, 2.45) is 0 Å². The van der Waals surface area contributed by atoms with E-state index in [4.69, 9.17) is 4.74 Å². The van der Waals surface area contributed by atoms with Gasteiger partial charge in [-0.25, -0.2) is 0 Å². The van der Waals surface area contributed by atoms with E-state index < -0.39 is 11.7 Å². The Morgan fingerprint density at radius 3 is 2.56 bits per heavy atom. The number of nitrogens with one attached hydrogen (secondary N) is 2. The van der Waals surface area contributed by atoms with Crippen molar-refractivity contribution in [3.8, 4) is 5.75 Å². The number of hydrogen-bond acceptors (Lipinski definition) is 3. The summed E-state index contributed by atoms with van der Waals surface area (Å²) in [6.07, 6.45) is 2.22. The van der Waals surface area contributed by atoms with Crippen molar-refractivity contribution >= 4 is 22.6 Å². The minimum atomic E-state index is -0.592. The van der Waals surface area contributed by atoms with Crippen LogP contribution in [0, 0.1) is 0 Å². The summed E-state index contributed by atoms with van der Waals surface area (Å²) >= 11 is 0. The van der Waals surface area contributed by atoms with Crippen LogP contribution >= 0.6 is 0 Å². The Kier molecular flexibility index (Phi) is 4.84. The van der Waals surface area contributed by atoms with Crippen LogP contribution in [0.4, 0.5) is 0 Å². The number of Topliss-reactive ketones (excluding diaryl/α,β-unsaturated/α-hetero) is 1. The number of fused-ring (bicyclic) bond motifs is 1. The van der Waals surface area contributed by atoms with E-state index in [1.807, 2.05) is 55.5 Å². The maximum Gasteiger partial charge on any atom is 0.292 e. The minimum Gasteiger partial charge on any atom is -0.497 e. The van der Waals surface area contributed by atoms with Crippen LogP contribution in [0.5, 0.6) is 5.75 Å². The summed E-state index contributed by atoms with van der Waals surface area (Å²) < 4.78 is 5.13. The number of aromatic amines is 1. The lowest BCUT2D eigenvalue weighted by Gasteiger charge is -2.13. The minimum absolute atomic E-state index is 0.157. The lowest BCUT2D eigenvalue weighted by Crippen LogP contribution is -2.38. The first kappa shape index (κ1) is 16.8. The standard InChI is InChI=1S/C20H20N2O3/c1-13(11-14-7-9-15(25-2)10-8-14)22-20(24)19(23)17-12-21-18-6-4-3-5-16(17)18/h3-10,12-13,21H,11H2,1-2H3,(H,22,24)/t13-/m1/s1. The largest absolute Gasteiger partial charge is 0.497 e. The quantitative estimate of drug-likeness (QED) is 0.537. The molecular formula is C20H20N2O3. The van der Waals surface area contributed by atoms with Gasteiger partial charge in [-0.15, -0.1) is 0 Å². The highest BCUT2D eigenvalue weighted by Crippen LogP contribution is 2.18. The van der Waals surface area contributed by atoms with Gasteiger partial charge in [0, 0.05) is 23.1 Å². The van der Waals surface area contributed by atoms with Crippen molar-refractivity contribution in [3.05, 3.63) is 65.9 Å². The zero-order valence-electron chi connectivity index (χ0n) is 14.2. The second kappa shape index (κ2) is 7.21. The van der Waals surface area contributed by atoms with Gasteiger partial charge in [0.2, 0.25) is 0 Å². The van der Waals surface area contributed by atoms with Gasteiger partial charge < -0.3 is 15.0 Å². The molecule has 0 radical (unpaired) electrons.